The lowest BCUT2D eigenvalue weighted by atomic mass is 10.1. The Morgan fingerprint density at radius 1 is 1.08 bits per heavy atom. The van der Waals surface area contributed by atoms with Gasteiger partial charge in [-0.3, -0.25) is 9.78 Å². The van der Waals surface area contributed by atoms with Crippen LogP contribution in [-0.2, 0) is 0 Å². The van der Waals surface area contributed by atoms with Gasteiger partial charge in [0, 0.05) is 43.3 Å². The molecule has 0 amide bonds. The maximum absolute atomic E-state index is 12.2. The van der Waals surface area contributed by atoms with E-state index in [0.717, 1.165) is 11.3 Å². The number of anilines is 1. The fraction of sp³-hybridized carbons (Fsp3) is 0.167. The lowest BCUT2D eigenvalue weighted by molar-refractivity contribution is 0.352. The first-order valence-electron chi connectivity index (χ1n) is 7.86. The molecule has 25 heavy (non-hydrogen) atoms. The first-order chi connectivity index (χ1) is 12.3. The number of nitrogens with zero attached hydrogens (tertiary/aromatic N) is 6. The minimum absolute atomic E-state index is 0.0390. The van der Waals surface area contributed by atoms with Crippen LogP contribution in [0.2, 0.25) is 0 Å². The molecule has 0 spiro atoms. The summed E-state index contributed by atoms with van der Waals surface area (Å²) in [5.41, 5.74) is 2.04. The normalized spacial score (nSPS) is 14.0. The minimum atomic E-state index is -0.135. The average molecular weight is 330 g/mol. The third-order valence-corrected chi connectivity index (χ3v) is 4.22. The maximum atomic E-state index is 12.2. The molecule has 0 unspecified atom stereocenters. The monoisotopic (exact) mass is 330 g/mol. The number of hydrogen-bond donors (Lipinski definition) is 0. The van der Waals surface area contributed by atoms with E-state index >= 15 is 0 Å². The van der Waals surface area contributed by atoms with E-state index in [1.54, 1.807) is 36.8 Å². The van der Waals surface area contributed by atoms with Crippen LogP contribution in [0.1, 0.15) is 11.6 Å². The number of pyridine rings is 2. The Balaban J connectivity index is 1.59. The van der Waals surface area contributed by atoms with Gasteiger partial charge in [0.25, 0.3) is 5.56 Å². The van der Waals surface area contributed by atoms with E-state index in [1.807, 2.05) is 17.0 Å². The van der Waals surface area contributed by atoms with E-state index in [2.05, 4.69) is 21.1 Å². The molecule has 1 aliphatic heterocycles. The molecule has 7 nitrogen and oxygen atoms in total. The highest BCUT2D eigenvalue weighted by Crippen LogP contribution is 2.27. The van der Waals surface area contributed by atoms with Gasteiger partial charge in [0.1, 0.15) is 11.9 Å². The van der Waals surface area contributed by atoms with Gasteiger partial charge < -0.3 is 4.90 Å². The van der Waals surface area contributed by atoms with Gasteiger partial charge in [0.15, 0.2) is 0 Å². The van der Waals surface area contributed by atoms with Gasteiger partial charge in [-0.25, -0.2) is 9.67 Å². The SMILES string of the molecule is N#Cc1cccnc1N1CC(n2nc(-c3ccncc3)ccc2=O)C1. The molecule has 7 heteroatoms. The summed E-state index contributed by atoms with van der Waals surface area (Å²) in [7, 11) is 0. The van der Waals surface area contributed by atoms with Gasteiger partial charge in [-0.2, -0.15) is 10.4 Å². The molecule has 3 aromatic rings. The van der Waals surface area contributed by atoms with Crippen LogP contribution in [0, 0.1) is 11.3 Å². The summed E-state index contributed by atoms with van der Waals surface area (Å²) in [5, 5.41) is 13.7. The standard InChI is InChI=1S/C18H14N6O/c19-10-14-2-1-7-21-18(14)23-11-15(12-23)24-17(25)4-3-16(22-24)13-5-8-20-9-6-13/h1-9,15H,11-12H2. The smallest absolute Gasteiger partial charge is 0.267 e. The van der Waals surface area contributed by atoms with Gasteiger partial charge in [-0.15, -0.1) is 0 Å². The predicted molar refractivity (Wildman–Crippen MR) is 91.9 cm³/mol. The quantitative estimate of drug-likeness (QED) is 0.725. The van der Waals surface area contributed by atoms with Crippen molar-refractivity contribution in [3.8, 4) is 17.3 Å². The van der Waals surface area contributed by atoms with Gasteiger partial charge in [-0.05, 0) is 30.3 Å². The minimum Gasteiger partial charge on any atom is -0.351 e. The second-order valence-electron chi connectivity index (χ2n) is 5.78. The van der Waals surface area contributed by atoms with Crippen LogP contribution in [-0.4, -0.2) is 32.8 Å². The summed E-state index contributed by atoms with van der Waals surface area (Å²) in [6.45, 7) is 1.19. The van der Waals surface area contributed by atoms with Crippen molar-refractivity contribution < 1.29 is 0 Å². The third-order valence-electron chi connectivity index (χ3n) is 4.22. The van der Waals surface area contributed by atoms with Crippen LogP contribution >= 0.6 is 0 Å². The highest BCUT2D eigenvalue weighted by molar-refractivity contribution is 5.57. The zero-order chi connectivity index (χ0) is 17.2. The molecule has 0 saturated carbocycles. The zero-order valence-electron chi connectivity index (χ0n) is 13.3. The van der Waals surface area contributed by atoms with Crippen molar-refractivity contribution in [2.24, 2.45) is 0 Å². The number of aromatic nitrogens is 4. The second kappa shape index (κ2) is 6.17. The van der Waals surface area contributed by atoms with Crippen LogP contribution in [0.5, 0.6) is 0 Å². The average Bonchev–Trinajstić information content (AvgIpc) is 2.63. The molecule has 0 aromatic carbocycles. The Kier molecular flexibility index (Phi) is 3.71. The number of hydrogen-bond acceptors (Lipinski definition) is 6. The highest BCUT2D eigenvalue weighted by Gasteiger charge is 2.32. The van der Waals surface area contributed by atoms with Gasteiger partial charge >= 0.3 is 0 Å². The summed E-state index contributed by atoms with van der Waals surface area (Å²) in [5.74, 6) is 0.652. The van der Waals surface area contributed by atoms with Crippen molar-refractivity contribution in [2.45, 2.75) is 6.04 Å². The molecule has 122 valence electrons. The van der Waals surface area contributed by atoms with Crippen LogP contribution in [0.15, 0.2) is 59.8 Å². The molecule has 0 aliphatic carbocycles. The van der Waals surface area contributed by atoms with E-state index in [9.17, 15) is 10.1 Å². The molecule has 1 saturated heterocycles. The lowest BCUT2D eigenvalue weighted by Crippen LogP contribution is -2.51. The fourth-order valence-electron chi connectivity index (χ4n) is 2.88. The van der Waals surface area contributed by atoms with Crippen molar-refractivity contribution in [1.29, 1.82) is 5.26 Å². The topological polar surface area (TPSA) is 87.7 Å². The first-order valence-corrected chi connectivity index (χ1v) is 7.86. The van der Waals surface area contributed by atoms with E-state index in [-0.39, 0.29) is 11.6 Å². The molecule has 1 aliphatic rings. The molecule has 0 bridgehead atoms. The Hall–Kier alpha value is -3.53. The summed E-state index contributed by atoms with van der Waals surface area (Å²) >= 11 is 0. The predicted octanol–water partition coefficient (Wildman–Crippen LogP) is 1.63. The van der Waals surface area contributed by atoms with Gasteiger partial charge in [-0.1, -0.05) is 0 Å². The van der Waals surface area contributed by atoms with Gasteiger partial charge in [0.05, 0.1) is 17.3 Å². The molecule has 0 radical (unpaired) electrons. The van der Waals surface area contributed by atoms with Crippen LogP contribution in [0.3, 0.4) is 0 Å². The molecule has 3 aromatic heterocycles. The van der Waals surface area contributed by atoms with Crippen molar-refractivity contribution in [1.82, 2.24) is 19.7 Å². The molecule has 0 N–H and O–H groups in total. The summed E-state index contributed by atoms with van der Waals surface area (Å²) in [4.78, 5) is 22.5. The third kappa shape index (κ3) is 2.74. The van der Waals surface area contributed by atoms with E-state index in [1.165, 1.54) is 10.7 Å². The molecular weight excluding hydrogens is 316 g/mol. The van der Waals surface area contributed by atoms with Crippen LogP contribution in [0.25, 0.3) is 11.3 Å². The first kappa shape index (κ1) is 15.0. The Bertz CT molecular complexity index is 1000. The molecule has 0 atom stereocenters. The largest absolute Gasteiger partial charge is 0.351 e. The fourth-order valence-corrected chi connectivity index (χ4v) is 2.88. The highest BCUT2D eigenvalue weighted by atomic mass is 16.1. The van der Waals surface area contributed by atoms with Crippen LogP contribution < -0.4 is 10.5 Å². The van der Waals surface area contributed by atoms with E-state index < -0.39 is 0 Å². The van der Waals surface area contributed by atoms with Crippen molar-refractivity contribution in [3.05, 3.63) is 70.9 Å². The maximum Gasteiger partial charge on any atom is 0.267 e. The van der Waals surface area contributed by atoms with Crippen molar-refractivity contribution >= 4 is 5.82 Å². The Morgan fingerprint density at radius 3 is 2.64 bits per heavy atom. The number of rotatable bonds is 3. The molecule has 4 rings (SSSR count). The molecule has 1 fully saturated rings. The Labute approximate surface area is 143 Å². The van der Waals surface area contributed by atoms with E-state index in [4.69, 9.17) is 0 Å². The van der Waals surface area contributed by atoms with Crippen molar-refractivity contribution in [2.75, 3.05) is 18.0 Å². The number of nitriles is 1. The van der Waals surface area contributed by atoms with Crippen molar-refractivity contribution in [3.63, 3.8) is 0 Å². The van der Waals surface area contributed by atoms with E-state index in [0.29, 0.717) is 24.5 Å². The van der Waals surface area contributed by atoms with Crippen LogP contribution in [0.4, 0.5) is 5.82 Å². The summed E-state index contributed by atoms with van der Waals surface area (Å²) < 4.78 is 1.52. The molecular formula is C18H14N6O. The van der Waals surface area contributed by atoms with Gasteiger partial charge in [0.2, 0.25) is 0 Å². The summed E-state index contributed by atoms with van der Waals surface area (Å²) in [6.07, 6.45) is 5.06. The second-order valence-corrected chi connectivity index (χ2v) is 5.78. The summed E-state index contributed by atoms with van der Waals surface area (Å²) in [6, 6.07) is 12.6. The Morgan fingerprint density at radius 2 is 1.88 bits per heavy atom. The zero-order valence-corrected chi connectivity index (χ0v) is 13.3. The molecule has 4 heterocycles. The lowest BCUT2D eigenvalue weighted by Gasteiger charge is -2.40.